The van der Waals surface area contributed by atoms with E-state index in [1.165, 1.54) is 0 Å². The molecule has 102 valence electrons. The van der Waals surface area contributed by atoms with Gasteiger partial charge in [-0.3, -0.25) is 9.59 Å². The third-order valence-corrected chi connectivity index (χ3v) is 3.25. The molecule has 5 nitrogen and oxygen atoms in total. The molecule has 5 heteroatoms. The maximum absolute atomic E-state index is 12.2. The zero-order chi connectivity index (χ0) is 13.8. The molecule has 0 saturated carbocycles. The molecule has 0 saturated heterocycles. The molecule has 0 aromatic heterocycles. The second kappa shape index (κ2) is 5.84. The van der Waals surface area contributed by atoms with E-state index in [9.17, 15) is 9.59 Å². The summed E-state index contributed by atoms with van der Waals surface area (Å²) in [5.41, 5.74) is 2.34. The van der Waals surface area contributed by atoms with Crippen LogP contribution < -0.4 is 10.6 Å². The number of nitrogens with zero attached hydrogens (tertiary/aromatic N) is 1. The Morgan fingerprint density at radius 3 is 3.00 bits per heavy atom. The third kappa shape index (κ3) is 3.12. The molecule has 0 atom stereocenters. The average Bonchev–Trinajstić information content (AvgIpc) is 2.77. The number of carbonyl (C=O) groups is 2. The van der Waals surface area contributed by atoms with Gasteiger partial charge in [0, 0.05) is 24.8 Å². The van der Waals surface area contributed by atoms with E-state index in [1.54, 1.807) is 24.1 Å². The fourth-order valence-corrected chi connectivity index (χ4v) is 2.16. The van der Waals surface area contributed by atoms with Gasteiger partial charge in [-0.05, 0) is 37.7 Å². The second-order valence-electron chi connectivity index (χ2n) is 4.78. The highest BCUT2D eigenvalue weighted by molar-refractivity contribution is 6.02. The van der Waals surface area contributed by atoms with Crippen molar-refractivity contribution in [2.45, 2.75) is 12.8 Å². The number of carbonyl (C=O) groups excluding carboxylic acids is 2. The molecule has 19 heavy (non-hydrogen) atoms. The molecule has 0 aliphatic carbocycles. The number of anilines is 1. The summed E-state index contributed by atoms with van der Waals surface area (Å²) in [6, 6.07) is 5.40. The van der Waals surface area contributed by atoms with Crippen LogP contribution in [0.25, 0.3) is 0 Å². The van der Waals surface area contributed by atoms with Crippen LogP contribution in [0, 0.1) is 0 Å². The van der Waals surface area contributed by atoms with Gasteiger partial charge in [0.2, 0.25) is 5.91 Å². The molecule has 0 fully saturated rings. The summed E-state index contributed by atoms with van der Waals surface area (Å²) in [6.07, 6.45) is 1.32. The van der Waals surface area contributed by atoms with E-state index < -0.39 is 0 Å². The third-order valence-electron chi connectivity index (χ3n) is 3.25. The van der Waals surface area contributed by atoms with Crippen LogP contribution in [0.1, 0.15) is 22.3 Å². The minimum atomic E-state index is -0.0138. The summed E-state index contributed by atoms with van der Waals surface area (Å²) >= 11 is 0. The Balaban J connectivity index is 2.04. The molecular weight excluding hydrogens is 242 g/mol. The highest BCUT2D eigenvalue weighted by Crippen LogP contribution is 2.24. The standard InChI is InChI=1S/C14H19N3O2/c1-15-6-3-7-17(2)14(19)11-5-4-10-9-13(18)16-12(10)8-11/h4-5,8,15H,3,6-7,9H2,1-2H3,(H,16,18). The summed E-state index contributed by atoms with van der Waals surface area (Å²) < 4.78 is 0. The Morgan fingerprint density at radius 1 is 1.47 bits per heavy atom. The summed E-state index contributed by atoms with van der Waals surface area (Å²) in [7, 11) is 3.69. The SMILES string of the molecule is CNCCCN(C)C(=O)c1ccc2c(c1)NC(=O)C2. The van der Waals surface area contributed by atoms with E-state index >= 15 is 0 Å². The molecule has 1 aliphatic rings. The lowest BCUT2D eigenvalue weighted by Crippen LogP contribution is -2.29. The van der Waals surface area contributed by atoms with Crippen molar-refractivity contribution < 1.29 is 9.59 Å². The quantitative estimate of drug-likeness (QED) is 0.773. The highest BCUT2D eigenvalue weighted by Gasteiger charge is 2.20. The maximum atomic E-state index is 12.2. The Labute approximate surface area is 113 Å². The van der Waals surface area contributed by atoms with Crippen molar-refractivity contribution >= 4 is 17.5 Å². The fraction of sp³-hybridized carbons (Fsp3) is 0.429. The first-order valence-corrected chi connectivity index (χ1v) is 6.44. The average molecular weight is 261 g/mol. The number of rotatable bonds is 5. The van der Waals surface area contributed by atoms with Crippen LogP contribution in [0.2, 0.25) is 0 Å². The predicted octanol–water partition coefficient (Wildman–Crippen LogP) is 0.863. The first-order valence-electron chi connectivity index (χ1n) is 6.44. The van der Waals surface area contributed by atoms with Gasteiger partial charge in [0.1, 0.15) is 0 Å². The lowest BCUT2D eigenvalue weighted by molar-refractivity contribution is -0.115. The minimum Gasteiger partial charge on any atom is -0.342 e. The fourth-order valence-electron chi connectivity index (χ4n) is 2.16. The van der Waals surface area contributed by atoms with Gasteiger partial charge in [0.15, 0.2) is 0 Å². The topological polar surface area (TPSA) is 61.4 Å². The molecule has 1 heterocycles. The molecule has 0 bridgehead atoms. The van der Waals surface area contributed by atoms with E-state index in [0.29, 0.717) is 18.5 Å². The van der Waals surface area contributed by atoms with Crippen molar-refractivity contribution in [1.82, 2.24) is 10.2 Å². The zero-order valence-electron chi connectivity index (χ0n) is 11.3. The zero-order valence-corrected chi connectivity index (χ0v) is 11.3. The summed E-state index contributed by atoms with van der Waals surface area (Å²) in [4.78, 5) is 25.2. The lowest BCUT2D eigenvalue weighted by Gasteiger charge is -2.17. The van der Waals surface area contributed by atoms with Gasteiger partial charge in [-0.1, -0.05) is 6.07 Å². The number of amides is 2. The first-order chi connectivity index (χ1) is 9.11. The predicted molar refractivity (Wildman–Crippen MR) is 74.3 cm³/mol. The van der Waals surface area contributed by atoms with Crippen LogP contribution in [0.5, 0.6) is 0 Å². The van der Waals surface area contributed by atoms with E-state index in [4.69, 9.17) is 0 Å². The Bertz CT molecular complexity index is 499. The van der Waals surface area contributed by atoms with Crippen molar-refractivity contribution in [3.05, 3.63) is 29.3 Å². The monoisotopic (exact) mass is 261 g/mol. The van der Waals surface area contributed by atoms with Gasteiger partial charge in [-0.2, -0.15) is 0 Å². The van der Waals surface area contributed by atoms with Crippen molar-refractivity contribution in [1.29, 1.82) is 0 Å². The molecule has 0 radical (unpaired) electrons. The van der Waals surface area contributed by atoms with E-state index in [1.807, 2.05) is 13.1 Å². The van der Waals surface area contributed by atoms with Crippen molar-refractivity contribution in [2.75, 3.05) is 32.5 Å². The number of hydrogen-bond donors (Lipinski definition) is 2. The second-order valence-corrected chi connectivity index (χ2v) is 4.78. The number of hydrogen-bond acceptors (Lipinski definition) is 3. The molecule has 0 spiro atoms. The number of nitrogens with one attached hydrogen (secondary N) is 2. The van der Waals surface area contributed by atoms with Crippen LogP contribution in [-0.4, -0.2) is 43.9 Å². The molecule has 2 amide bonds. The van der Waals surface area contributed by atoms with Crippen LogP contribution in [0.3, 0.4) is 0 Å². The first kappa shape index (κ1) is 13.5. The molecule has 1 aromatic carbocycles. The minimum absolute atomic E-state index is 0.0121. The largest absolute Gasteiger partial charge is 0.342 e. The van der Waals surface area contributed by atoms with E-state index in [0.717, 1.165) is 24.2 Å². The normalized spacial score (nSPS) is 13.1. The van der Waals surface area contributed by atoms with Crippen molar-refractivity contribution in [2.24, 2.45) is 0 Å². The molecule has 2 rings (SSSR count). The summed E-state index contributed by atoms with van der Waals surface area (Å²) in [6.45, 7) is 1.60. The highest BCUT2D eigenvalue weighted by atomic mass is 16.2. The van der Waals surface area contributed by atoms with Gasteiger partial charge in [-0.15, -0.1) is 0 Å². The molecular formula is C14H19N3O2. The Kier molecular flexibility index (Phi) is 4.16. The van der Waals surface area contributed by atoms with E-state index in [2.05, 4.69) is 10.6 Å². The van der Waals surface area contributed by atoms with E-state index in [-0.39, 0.29) is 11.8 Å². The number of fused-ring (bicyclic) bond motifs is 1. The van der Waals surface area contributed by atoms with Crippen molar-refractivity contribution in [3.63, 3.8) is 0 Å². The molecule has 0 unspecified atom stereocenters. The summed E-state index contributed by atoms with van der Waals surface area (Å²) in [5, 5.41) is 5.82. The van der Waals surface area contributed by atoms with Gasteiger partial charge in [0.25, 0.3) is 5.91 Å². The number of benzene rings is 1. The van der Waals surface area contributed by atoms with Crippen LogP contribution >= 0.6 is 0 Å². The Hall–Kier alpha value is -1.88. The Morgan fingerprint density at radius 2 is 2.26 bits per heavy atom. The van der Waals surface area contributed by atoms with Gasteiger partial charge < -0.3 is 15.5 Å². The summed E-state index contributed by atoms with van der Waals surface area (Å²) in [5.74, 6) is -0.0259. The van der Waals surface area contributed by atoms with Gasteiger partial charge in [-0.25, -0.2) is 0 Å². The van der Waals surface area contributed by atoms with Crippen LogP contribution in [0.15, 0.2) is 18.2 Å². The smallest absolute Gasteiger partial charge is 0.253 e. The maximum Gasteiger partial charge on any atom is 0.253 e. The van der Waals surface area contributed by atoms with Gasteiger partial charge >= 0.3 is 0 Å². The van der Waals surface area contributed by atoms with Gasteiger partial charge in [0.05, 0.1) is 6.42 Å². The molecule has 1 aromatic rings. The van der Waals surface area contributed by atoms with Crippen LogP contribution in [0.4, 0.5) is 5.69 Å². The van der Waals surface area contributed by atoms with Crippen molar-refractivity contribution in [3.8, 4) is 0 Å². The molecule has 1 aliphatic heterocycles. The lowest BCUT2D eigenvalue weighted by atomic mass is 10.1. The molecule has 2 N–H and O–H groups in total. The van der Waals surface area contributed by atoms with Crippen LogP contribution in [-0.2, 0) is 11.2 Å².